The fraction of sp³-hybridized carbons (Fsp3) is 0. The molecule has 0 aliphatic rings. The predicted molar refractivity (Wildman–Crippen MR) is 97.9 cm³/mol. The Balaban J connectivity index is 0.00000208. The molecule has 0 aliphatic heterocycles. The monoisotopic (exact) mass is 341 g/mol. The van der Waals surface area contributed by atoms with Crippen LogP contribution in [0.15, 0.2) is 60.8 Å². The number of nitrogens with zero attached hydrogens (tertiary/aromatic N) is 2. The van der Waals surface area contributed by atoms with Gasteiger partial charge in [0.15, 0.2) is 0 Å². The van der Waals surface area contributed by atoms with Crippen molar-refractivity contribution in [3.8, 4) is 11.3 Å². The Morgan fingerprint density at radius 1 is 0.958 bits per heavy atom. The van der Waals surface area contributed by atoms with E-state index in [1.54, 1.807) is 36.5 Å². The van der Waals surface area contributed by atoms with Gasteiger partial charge < -0.3 is 16.8 Å². The molecule has 24 heavy (non-hydrogen) atoms. The Kier molecular flexibility index (Phi) is 5.34. The third-order valence-corrected chi connectivity index (χ3v) is 3.33. The average Bonchev–Trinajstić information content (AvgIpc) is 2.57. The number of amides is 1. The Morgan fingerprint density at radius 3 is 2.33 bits per heavy atom. The van der Waals surface area contributed by atoms with Gasteiger partial charge in [-0.2, -0.15) is 0 Å². The number of halogens is 1. The fourth-order valence-electron chi connectivity index (χ4n) is 2.13. The maximum atomic E-state index is 12.3. The van der Waals surface area contributed by atoms with Gasteiger partial charge in [0.2, 0.25) is 5.95 Å². The Hall–Kier alpha value is -3.12. The molecule has 0 bridgehead atoms. The highest BCUT2D eigenvalue weighted by Crippen LogP contribution is 2.20. The number of benzene rings is 2. The summed E-state index contributed by atoms with van der Waals surface area (Å²) in [5, 5.41) is 2.79. The number of hydrogen-bond donors (Lipinski definition) is 3. The van der Waals surface area contributed by atoms with Crippen molar-refractivity contribution in [1.82, 2.24) is 9.97 Å². The lowest BCUT2D eigenvalue weighted by Crippen LogP contribution is -2.13. The van der Waals surface area contributed by atoms with E-state index < -0.39 is 0 Å². The molecule has 0 radical (unpaired) electrons. The van der Waals surface area contributed by atoms with Crippen LogP contribution in [-0.4, -0.2) is 15.9 Å². The van der Waals surface area contributed by atoms with E-state index in [1.165, 1.54) is 0 Å². The first-order valence-corrected chi connectivity index (χ1v) is 6.98. The topological polar surface area (TPSA) is 107 Å². The molecule has 0 saturated carbocycles. The lowest BCUT2D eigenvalue weighted by molar-refractivity contribution is 0.102. The van der Waals surface area contributed by atoms with Crippen LogP contribution in [0.1, 0.15) is 10.4 Å². The number of carbonyl (C=O) groups is 1. The minimum atomic E-state index is -0.225. The summed E-state index contributed by atoms with van der Waals surface area (Å²) >= 11 is 0. The van der Waals surface area contributed by atoms with Crippen molar-refractivity contribution in [3.63, 3.8) is 0 Å². The van der Waals surface area contributed by atoms with Crippen LogP contribution < -0.4 is 16.8 Å². The standard InChI is InChI=1S/C17H15N5O.ClH/c18-13-3-1-2-4-15(13)21-16(23)12-7-5-11(6-8-12)14-9-10-20-17(19)22-14;/h1-10H,18H2,(H,21,23)(H2,19,20,22);1H. The maximum absolute atomic E-state index is 12.3. The Bertz CT molecular complexity index is 852. The van der Waals surface area contributed by atoms with Gasteiger partial charge >= 0.3 is 0 Å². The van der Waals surface area contributed by atoms with Crippen molar-refractivity contribution >= 4 is 35.6 Å². The summed E-state index contributed by atoms with van der Waals surface area (Å²) in [6.07, 6.45) is 1.59. The largest absolute Gasteiger partial charge is 0.397 e. The van der Waals surface area contributed by atoms with Crippen LogP contribution in [0.3, 0.4) is 0 Å². The van der Waals surface area contributed by atoms with Crippen molar-refractivity contribution in [1.29, 1.82) is 0 Å². The first kappa shape index (κ1) is 17.2. The summed E-state index contributed by atoms with van der Waals surface area (Å²) in [6, 6.07) is 15.9. The zero-order valence-corrected chi connectivity index (χ0v) is 13.5. The van der Waals surface area contributed by atoms with E-state index in [1.807, 2.05) is 24.3 Å². The molecule has 0 fully saturated rings. The first-order chi connectivity index (χ1) is 11.1. The Morgan fingerprint density at radius 2 is 1.67 bits per heavy atom. The average molecular weight is 342 g/mol. The van der Waals surface area contributed by atoms with Crippen LogP contribution in [0.4, 0.5) is 17.3 Å². The maximum Gasteiger partial charge on any atom is 0.255 e. The van der Waals surface area contributed by atoms with Crippen LogP contribution in [0.5, 0.6) is 0 Å². The van der Waals surface area contributed by atoms with Crippen LogP contribution in [0.25, 0.3) is 11.3 Å². The number of aromatic nitrogens is 2. The summed E-state index contributed by atoms with van der Waals surface area (Å²) in [6.45, 7) is 0. The van der Waals surface area contributed by atoms with Crippen molar-refractivity contribution in [2.45, 2.75) is 0 Å². The minimum Gasteiger partial charge on any atom is -0.397 e. The molecule has 3 rings (SSSR count). The summed E-state index contributed by atoms with van der Waals surface area (Å²) in [5.74, 6) is -0.0134. The molecule has 0 spiro atoms. The molecule has 7 heteroatoms. The third kappa shape index (κ3) is 3.80. The van der Waals surface area contributed by atoms with Crippen LogP contribution in [-0.2, 0) is 0 Å². The van der Waals surface area contributed by atoms with Gasteiger partial charge in [0, 0.05) is 17.3 Å². The molecular weight excluding hydrogens is 326 g/mol. The number of hydrogen-bond acceptors (Lipinski definition) is 5. The van der Waals surface area contributed by atoms with Crippen molar-refractivity contribution in [2.24, 2.45) is 0 Å². The van der Waals surface area contributed by atoms with Gasteiger partial charge in [0.1, 0.15) is 0 Å². The smallest absolute Gasteiger partial charge is 0.255 e. The highest BCUT2D eigenvalue weighted by molar-refractivity contribution is 6.05. The summed E-state index contributed by atoms with van der Waals surface area (Å²) in [4.78, 5) is 20.3. The van der Waals surface area contributed by atoms with E-state index in [2.05, 4.69) is 15.3 Å². The van der Waals surface area contributed by atoms with Gasteiger partial charge in [0.25, 0.3) is 5.91 Å². The molecule has 2 aromatic carbocycles. The van der Waals surface area contributed by atoms with Gasteiger partial charge in [-0.15, -0.1) is 12.4 Å². The zero-order valence-electron chi connectivity index (χ0n) is 12.6. The second kappa shape index (κ2) is 7.43. The molecule has 1 heterocycles. The van der Waals surface area contributed by atoms with E-state index >= 15 is 0 Å². The molecular formula is C17H16ClN5O. The lowest BCUT2D eigenvalue weighted by atomic mass is 10.1. The number of carbonyl (C=O) groups excluding carboxylic acids is 1. The molecule has 6 nitrogen and oxygen atoms in total. The minimum absolute atomic E-state index is 0. The van der Waals surface area contributed by atoms with Gasteiger partial charge in [-0.25, -0.2) is 9.97 Å². The van der Waals surface area contributed by atoms with Crippen molar-refractivity contribution in [2.75, 3.05) is 16.8 Å². The van der Waals surface area contributed by atoms with E-state index in [-0.39, 0.29) is 24.3 Å². The van der Waals surface area contributed by atoms with E-state index in [4.69, 9.17) is 11.5 Å². The van der Waals surface area contributed by atoms with Gasteiger partial charge in [0.05, 0.1) is 17.1 Å². The van der Waals surface area contributed by atoms with E-state index in [0.717, 1.165) is 5.56 Å². The number of nitrogen functional groups attached to an aromatic ring is 2. The van der Waals surface area contributed by atoms with Gasteiger partial charge in [-0.05, 0) is 30.3 Å². The number of rotatable bonds is 3. The van der Waals surface area contributed by atoms with Crippen LogP contribution in [0, 0.1) is 0 Å². The quantitative estimate of drug-likeness (QED) is 0.635. The van der Waals surface area contributed by atoms with E-state index in [0.29, 0.717) is 22.6 Å². The molecule has 122 valence electrons. The fourth-order valence-corrected chi connectivity index (χ4v) is 2.13. The normalized spacial score (nSPS) is 9.83. The second-order valence-corrected chi connectivity index (χ2v) is 4.92. The highest BCUT2D eigenvalue weighted by Gasteiger charge is 2.08. The van der Waals surface area contributed by atoms with Crippen molar-refractivity contribution in [3.05, 3.63) is 66.4 Å². The molecule has 0 saturated heterocycles. The summed E-state index contributed by atoms with van der Waals surface area (Å²) in [7, 11) is 0. The van der Waals surface area contributed by atoms with Gasteiger partial charge in [-0.1, -0.05) is 24.3 Å². The summed E-state index contributed by atoms with van der Waals surface area (Å²) in [5.41, 5.74) is 14.6. The Labute approximate surface area is 145 Å². The summed E-state index contributed by atoms with van der Waals surface area (Å²) < 4.78 is 0. The highest BCUT2D eigenvalue weighted by atomic mass is 35.5. The van der Waals surface area contributed by atoms with Crippen LogP contribution >= 0.6 is 12.4 Å². The number of para-hydroxylation sites is 2. The number of nitrogens with two attached hydrogens (primary N) is 2. The first-order valence-electron chi connectivity index (χ1n) is 6.98. The molecule has 0 aliphatic carbocycles. The molecule has 1 aromatic heterocycles. The second-order valence-electron chi connectivity index (χ2n) is 4.92. The lowest BCUT2D eigenvalue weighted by Gasteiger charge is -2.08. The molecule has 3 aromatic rings. The zero-order chi connectivity index (χ0) is 16.2. The molecule has 0 unspecified atom stereocenters. The number of nitrogens with one attached hydrogen (secondary N) is 1. The molecule has 0 atom stereocenters. The van der Waals surface area contributed by atoms with Gasteiger partial charge in [-0.3, -0.25) is 4.79 Å². The molecule has 5 N–H and O–H groups in total. The van der Waals surface area contributed by atoms with E-state index in [9.17, 15) is 4.79 Å². The third-order valence-electron chi connectivity index (χ3n) is 3.33. The van der Waals surface area contributed by atoms with Crippen molar-refractivity contribution < 1.29 is 4.79 Å². The molecule has 1 amide bonds. The predicted octanol–water partition coefficient (Wildman–Crippen LogP) is 2.98. The van der Waals surface area contributed by atoms with Crippen LogP contribution in [0.2, 0.25) is 0 Å². The number of anilines is 3. The SMILES string of the molecule is Cl.Nc1nccc(-c2ccc(C(=O)Nc3ccccc3N)cc2)n1.